The predicted molar refractivity (Wildman–Crippen MR) is 108 cm³/mol. The van der Waals surface area contributed by atoms with Crippen molar-refractivity contribution < 1.29 is 4.92 Å². The van der Waals surface area contributed by atoms with Crippen LogP contribution in [0.3, 0.4) is 0 Å². The smallest absolute Gasteiger partial charge is 0.280 e. The highest BCUT2D eigenvalue weighted by atomic mass is 16.6. The van der Waals surface area contributed by atoms with Crippen molar-refractivity contribution >= 4 is 28.0 Å². The molecule has 0 saturated heterocycles. The Morgan fingerprint density at radius 2 is 1.56 bits per heavy atom. The van der Waals surface area contributed by atoms with Gasteiger partial charge in [-0.15, -0.1) is 0 Å². The molecule has 4 aromatic rings. The fourth-order valence-electron chi connectivity index (χ4n) is 3.20. The van der Waals surface area contributed by atoms with Gasteiger partial charge in [0.25, 0.3) is 5.69 Å². The summed E-state index contributed by atoms with van der Waals surface area (Å²) in [4.78, 5) is 15.5. The SMILES string of the molecule is Cc1ccc2c(Nc3ccc(-c4ccccc4)cc3)nccc2c1[N+](=O)[O-]. The molecule has 1 N–H and O–H groups in total. The summed E-state index contributed by atoms with van der Waals surface area (Å²) in [6.07, 6.45) is 1.59. The number of nitro benzene ring substituents is 1. The molecule has 0 saturated carbocycles. The molecule has 27 heavy (non-hydrogen) atoms. The van der Waals surface area contributed by atoms with Crippen molar-refractivity contribution in [3.05, 3.63) is 94.7 Å². The summed E-state index contributed by atoms with van der Waals surface area (Å²) in [5, 5.41) is 16.0. The lowest BCUT2D eigenvalue weighted by Crippen LogP contribution is -1.98. The number of nitrogens with zero attached hydrogens (tertiary/aromatic N) is 2. The van der Waals surface area contributed by atoms with Gasteiger partial charge in [-0.25, -0.2) is 4.98 Å². The van der Waals surface area contributed by atoms with Crippen LogP contribution in [-0.4, -0.2) is 9.91 Å². The highest BCUT2D eigenvalue weighted by molar-refractivity contribution is 5.99. The first-order valence-electron chi connectivity index (χ1n) is 8.59. The Morgan fingerprint density at radius 1 is 0.852 bits per heavy atom. The van der Waals surface area contributed by atoms with E-state index in [0.29, 0.717) is 16.8 Å². The summed E-state index contributed by atoms with van der Waals surface area (Å²) in [5.74, 6) is 0.600. The molecule has 0 bridgehead atoms. The maximum Gasteiger partial charge on any atom is 0.280 e. The average Bonchev–Trinajstić information content (AvgIpc) is 2.69. The normalized spacial score (nSPS) is 10.7. The summed E-state index contributed by atoms with van der Waals surface area (Å²) in [7, 11) is 0. The Balaban J connectivity index is 1.70. The van der Waals surface area contributed by atoms with Gasteiger partial charge in [0.2, 0.25) is 0 Å². The van der Waals surface area contributed by atoms with Gasteiger partial charge >= 0.3 is 0 Å². The van der Waals surface area contributed by atoms with Gasteiger partial charge in [-0.2, -0.15) is 0 Å². The van der Waals surface area contributed by atoms with Gasteiger partial charge in [0.15, 0.2) is 0 Å². The lowest BCUT2D eigenvalue weighted by atomic mass is 10.0. The number of aryl methyl sites for hydroxylation is 1. The van der Waals surface area contributed by atoms with Crippen molar-refractivity contribution in [2.75, 3.05) is 5.32 Å². The topological polar surface area (TPSA) is 68.1 Å². The molecule has 0 atom stereocenters. The van der Waals surface area contributed by atoms with Crippen LogP contribution in [0.15, 0.2) is 79.0 Å². The molecular formula is C22H17N3O2. The van der Waals surface area contributed by atoms with Gasteiger partial charge in [0.05, 0.1) is 10.3 Å². The van der Waals surface area contributed by atoms with Gasteiger partial charge in [0.1, 0.15) is 5.82 Å². The Bertz CT molecular complexity index is 1120. The molecular weight excluding hydrogens is 338 g/mol. The number of nitrogens with one attached hydrogen (secondary N) is 1. The molecule has 1 heterocycles. The van der Waals surface area contributed by atoms with Crippen molar-refractivity contribution in [1.82, 2.24) is 4.98 Å². The molecule has 3 aromatic carbocycles. The van der Waals surface area contributed by atoms with Crippen LogP contribution in [0, 0.1) is 17.0 Å². The molecule has 0 radical (unpaired) electrons. The molecule has 132 valence electrons. The van der Waals surface area contributed by atoms with E-state index in [1.165, 1.54) is 0 Å². The van der Waals surface area contributed by atoms with Gasteiger partial charge < -0.3 is 5.32 Å². The number of fused-ring (bicyclic) bond motifs is 1. The number of aromatic nitrogens is 1. The number of benzene rings is 3. The van der Waals surface area contributed by atoms with Crippen LogP contribution in [0.1, 0.15) is 5.56 Å². The fraction of sp³-hybridized carbons (Fsp3) is 0.0455. The zero-order valence-electron chi connectivity index (χ0n) is 14.7. The average molecular weight is 355 g/mol. The summed E-state index contributed by atoms with van der Waals surface area (Å²) >= 11 is 0. The Kier molecular flexibility index (Phi) is 4.26. The van der Waals surface area contributed by atoms with Crippen LogP contribution in [0.2, 0.25) is 0 Å². The van der Waals surface area contributed by atoms with Gasteiger partial charge in [-0.05, 0) is 42.3 Å². The van der Waals surface area contributed by atoms with E-state index < -0.39 is 0 Å². The standard InChI is InChI=1S/C22H17N3O2/c1-15-7-12-20-19(21(15)25(26)27)13-14-23-22(20)24-18-10-8-17(9-11-18)16-5-3-2-4-6-16/h2-14H,1H3,(H,23,24). The Morgan fingerprint density at radius 3 is 2.26 bits per heavy atom. The minimum absolute atomic E-state index is 0.123. The number of anilines is 2. The van der Waals surface area contributed by atoms with E-state index in [2.05, 4.69) is 22.4 Å². The summed E-state index contributed by atoms with van der Waals surface area (Å²) < 4.78 is 0. The van der Waals surface area contributed by atoms with Crippen LogP contribution in [0.25, 0.3) is 21.9 Å². The zero-order valence-corrected chi connectivity index (χ0v) is 14.7. The first-order valence-corrected chi connectivity index (χ1v) is 8.59. The third-order valence-corrected chi connectivity index (χ3v) is 4.56. The van der Waals surface area contributed by atoms with E-state index in [-0.39, 0.29) is 10.6 Å². The second-order valence-corrected chi connectivity index (χ2v) is 6.31. The fourth-order valence-corrected chi connectivity index (χ4v) is 3.20. The Labute approximate surface area is 156 Å². The molecule has 0 aliphatic rings. The molecule has 0 aliphatic carbocycles. The van der Waals surface area contributed by atoms with E-state index in [9.17, 15) is 10.1 Å². The first kappa shape index (κ1) is 16.7. The highest BCUT2D eigenvalue weighted by Crippen LogP contribution is 2.33. The quantitative estimate of drug-likeness (QED) is 0.368. The predicted octanol–water partition coefficient (Wildman–Crippen LogP) is 5.86. The molecule has 5 heteroatoms. The minimum Gasteiger partial charge on any atom is -0.340 e. The third kappa shape index (κ3) is 3.22. The maximum absolute atomic E-state index is 11.4. The lowest BCUT2D eigenvalue weighted by molar-refractivity contribution is -0.383. The monoisotopic (exact) mass is 355 g/mol. The van der Waals surface area contributed by atoms with E-state index >= 15 is 0 Å². The lowest BCUT2D eigenvalue weighted by Gasteiger charge is -2.10. The number of pyridine rings is 1. The Hall–Kier alpha value is -3.73. The molecule has 0 fully saturated rings. The van der Waals surface area contributed by atoms with E-state index in [4.69, 9.17) is 0 Å². The van der Waals surface area contributed by atoms with Crippen molar-refractivity contribution in [2.45, 2.75) is 6.92 Å². The maximum atomic E-state index is 11.4. The highest BCUT2D eigenvalue weighted by Gasteiger charge is 2.17. The second-order valence-electron chi connectivity index (χ2n) is 6.31. The third-order valence-electron chi connectivity index (χ3n) is 4.56. The number of rotatable bonds is 4. The zero-order chi connectivity index (χ0) is 18.8. The molecule has 4 rings (SSSR count). The molecule has 0 amide bonds. The molecule has 0 spiro atoms. The van der Waals surface area contributed by atoms with Crippen molar-refractivity contribution in [3.63, 3.8) is 0 Å². The van der Waals surface area contributed by atoms with Crippen LogP contribution in [-0.2, 0) is 0 Å². The first-order chi connectivity index (χ1) is 13.1. The molecule has 1 aromatic heterocycles. The van der Waals surface area contributed by atoms with Gasteiger partial charge in [-0.1, -0.05) is 48.5 Å². The van der Waals surface area contributed by atoms with Crippen molar-refractivity contribution in [1.29, 1.82) is 0 Å². The van der Waals surface area contributed by atoms with E-state index in [1.54, 1.807) is 25.3 Å². The van der Waals surface area contributed by atoms with Crippen LogP contribution in [0.5, 0.6) is 0 Å². The van der Waals surface area contributed by atoms with Crippen LogP contribution in [0.4, 0.5) is 17.2 Å². The van der Waals surface area contributed by atoms with Crippen LogP contribution >= 0.6 is 0 Å². The summed E-state index contributed by atoms with van der Waals surface area (Å²) in [6, 6.07) is 23.5. The largest absolute Gasteiger partial charge is 0.340 e. The number of hydrogen-bond donors (Lipinski definition) is 1. The molecule has 0 aliphatic heterocycles. The summed E-state index contributed by atoms with van der Waals surface area (Å²) in [5.41, 5.74) is 3.91. The number of hydrogen-bond acceptors (Lipinski definition) is 4. The van der Waals surface area contributed by atoms with Gasteiger partial charge in [-0.3, -0.25) is 10.1 Å². The summed E-state index contributed by atoms with van der Waals surface area (Å²) in [6.45, 7) is 1.74. The van der Waals surface area contributed by atoms with Crippen LogP contribution < -0.4 is 5.32 Å². The second kappa shape index (κ2) is 6.88. The number of nitro groups is 1. The van der Waals surface area contributed by atoms with E-state index in [0.717, 1.165) is 22.2 Å². The minimum atomic E-state index is -0.337. The molecule has 5 nitrogen and oxygen atoms in total. The van der Waals surface area contributed by atoms with E-state index in [1.807, 2.05) is 48.5 Å². The molecule has 0 unspecified atom stereocenters. The van der Waals surface area contributed by atoms with Crippen molar-refractivity contribution in [2.24, 2.45) is 0 Å². The van der Waals surface area contributed by atoms with Gasteiger partial charge in [0, 0.05) is 22.8 Å². The van der Waals surface area contributed by atoms with Crippen molar-refractivity contribution in [3.8, 4) is 11.1 Å².